The van der Waals surface area contributed by atoms with Crippen molar-refractivity contribution in [3.8, 4) is 0 Å². The number of fused-ring (bicyclic) bond motifs is 1. The van der Waals surface area contributed by atoms with Crippen LogP contribution in [-0.2, 0) is 22.6 Å². The van der Waals surface area contributed by atoms with Crippen LogP contribution in [0.4, 0.5) is 0 Å². The molecular weight excluding hydrogens is 422 g/mol. The monoisotopic (exact) mass is 449 g/mol. The van der Waals surface area contributed by atoms with Crippen LogP contribution in [0, 0.1) is 0 Å². The fraction of sp³-hybridized carbons (Fsp3) is 0.571. The predicted molar refractivity (Wildman–Crippen MR) is 117 cm³/mol. The molecule has 1 aliphatic carbocycles. The quantitative estimate of drug-likeness (QED) is 0.709. The maximum absolute atomic E-state index is 13.3. The first kappa shape index (κ1) is 21.2. The molecule has 30 heavy (non-hydrogen) atoms. The van der Waals surface area contributed by atoms with Gasteiger partial charge < -0.3 is 9.42 Å². The van der Waals surface area contributed by atoms with Crippen LogP contribution < -0.4 is 0 Å². The van der Waals surface area contributed by atoms with Crippen LogP contribution in [0.5, 0.6) is 0 Å². The van der Waals surface area contributed by atoms with Crippen LogP contribution in [0.15, 0.2) is 21.2 Å². The Hall–Kier alpha value is -2.00. The van der Waals surface area contributed by atoms with Crippen molar-refractivity contribution in [2.45, 2.75) is 51.9 Å². The fourth-order valence-electron chi connectivity index (χ4n) is 4.03. The molecule has 4 rings (SSSR count). The van der Waals surface area contributed by atoms with Crippen molar-refractivity contribution in [1.29, 1.82) is 0 Å². The molecule has 2 aliphatic rings. The molecule has 2 amide bonds. The Labute approximate surface area is 181 Å². The van der Waals surface area contributed by atoms with Crippen molar-refractivity contribution in [3.63, 3.8) is 0 Å². The normalized spacial score (nSPS) is 21.9. The van der Waals surface area contributed by atoms with Crippen LogP contribution in [-0.4, -0.2) is 50.7 Å². The summed E-state index contributed by atoms with van der Waals surface area (Å²) in [5, 5.41) is 3.94. The summed E-state index contributed by atoms with van der Waals surface area (Å²) < 4.78 is 22.5. The van der Waals surface area contributed by atoms with Gasteiger partial charge in [0, 0.05) is 29.5 Å². The average molecular weight is 450 g/mol. The van der Waals surface area contributed by atoms with E-state index < -0.39 is 9.73 Å². The first-order valence-corrected chi connectivity index (χ1v) is 13.2. The van der Waals surface area contributed by atoms with E-state index in [1.165, 1.54) is 28.0 Å². The molecule has 162 valence electrons. The molecule has 0 aromatic carbocycles. The second kappa shape index (κ2) is 8.63. The van der Waals surface area contributed by atoms with Gasteiger partial charge in [-0.15, -0.1) is 11.3 Å². The number of carbonyl (C=O) groups is 2. The highest BCUT2D eigenvalue weighted by atomic mass is 32.2. The van der Waals surface area contributed by atoms with E-state index in [9.17, 15) is 13.8 Å². The van der Waals surface area contributed by atoms with Gasteiger partial charge in [0.1, 0.15) is 11.8 Å². The van der Waals surface area contributed by atoms with Crippen LogP contribution in [0.1, 0.15) is 75.2 Å². The summed E-state index contributed by atoms with van der Waals surface area (Å²) in [6.07, 6.45) is 6.26. The second-order valence-corrected chi connectivity index (χ2v) is 11.9. The molecule has 1 fully saturated rings. The minimum Gasteiger partial charge on any atom is -0.364 e. The summed E-state index contributed by atoms with van der Waals surface area (Å²) in [5.41, 5.74) is 2.33. The third kappa shape index (κ3) is 4.37. The van der Waals surface area contributed by atoms with E-state index in [-0.39, 0.29) is 23.5 Å². The average Bonchev–Trinajstić information content (AvgIpc) is 3.33. The Bertz CT molecular complexity index is 1050. The molecule has 0 saturated carbocycles. The number of carbonyl (C=O) groups excluding carboxylic acids is 2. The first-order chi connectivity index (χ1) is 14.4. The standard InChI is InChI=1S/C21H27N3O4S2/c1-14(2)19-16(13-28-22-19)21(26)24-8-5-10-30(27,11-9-24)23-20(25)18-12-15-6-3-4-7-17(15)29-18/h12-14H,3-11H2,1-2H3. The highest BCUT2D eigenvalue weighted by Gasteiger charge is 2.27. The zero-order valence-corrected chi connectivity index (χ0v) is 19.0. The molecule has 1 atom stereocenters. The van der Waals surface area contributed by atoms with Gasteiger partial charge in [-0.25, -0.2) is 4.21 Å². The fourth-order valence-corrected chi connectivity index (χ4v) is 7.10. The van der Waals surface area contributed by atoms with Crippen molar-refractivity contribution in [2.24, 2.45) is 4.36 Å². The van der Waals surface area contributed by atoms with Gasteiger partial charge in [0.2, 0.25) is 0 Å². The molecule has 1 aliphatic heterocycles. The van der Waals surface area contributed by atoms with Crippen LogP contribution in [0.3, 0.4) is 0 Å². The van der Waals surface area contributed by atoms with Gasteiger partial charge in [0.25, 0.3) is 11.8 Å². The number of aromatic nitrogens is 1. The third-order valence-electron chi connectivity index (χ3n) is 5.69. The number of hydrogen-bond donors (Lipinski definition) is 0. The van der Waals surface area contributed by atoms with Crippen molar-refractivity contribution >= 4 is 32.9 Å². The summed E-state index contributed by atoms with van der Waals surface area (Å²) in [6, 6.07) is 1.93. The van der Waals surface area contributed by atoms with Crippen molar-refractivity contribution in [2.75, 3.05) is 24.6 Å². The number of aryl methyl sites for hydroxylation is 2. The van der Waals surface area contributed by atoms with Crippen molar-refractivity contribution in [3.05, 3.63) is 38.9 Å². The van der Waals surface area contributed by atoms with E-state index in [1.807, 2.05) is 19.9 Å². The Morgan fingerprint density at radius 1 is 1.20 bits per heavy atom. The summed E-state index contributed by atoms with van der Waals surface area (Å²) in [4.78, 5) is 29.2. The smallest absolute Gasteiger partial charge is 0.295 e. The van der Waals surface area contributed by atoms with E-state index in [0.29, 0.717) is 41.4 Å². The lowest BCUT2D eigenvalue weighted by atomic mass is 9.99. The highest BCUT2D eigenvalue weighted by Crippen LogP contribution is 2.30. The Balaban J connectivity index is 1.49. The SMILES string of the molecule is CC(C)c1nocc1C(=O)N1CCCS(=O)(=NC(=O)c2cc3c(s2)CCCC3)CC1. The Kier molecular flexibility index (Phi) is 6.11. The molecule has 0 N–H and O–H groups in total. The topological polar surface area (TPSA) is 92.8 Å². The highest BCUT2D eigenvalue weighted by molar-refractivity contribution is 7.93. The molecule has 1 saturated heterocycles. The summed E-state index contributed by atoms with van der Waals surface area (Å²) in [7, 11) is -2.69. The minimum absolute atomic E-state index is 0.0724. The lowest BCUT2D eigenvalue weighted by molar-refractivity contribution is 0.0766. The van der Waals surface area contributed by atoms with Gasteiger partial charge in [-0.05, 0) is 49.7 Å². The lowest BCUT2D eigenvalue weighted by Gasteiger charge is -2.19. The van der Waals surface area contributed by atoms with Gasteiger partial charge in [0.05, 0.1) is 20.3 Å². The molecule has 3 heterocycles. The van der Waals surface area contributed by atoms with Gasteiger partial charge in [-0.3, -0.25) is 9.59 Å². The number of rotatable bonds is 3. The molecule has 0 bridgehead atoms. The van der Waals surface area contributed by atoms with Gasteiger partial charge in [0.15, 0.2) is 0 Å². The summed E-state index contributed by atoms with van der Waals surface area (Å²) in [6.45, 7) is 4.70. The molecule has 7 nitrogen and oxygen atoms in total. The molecule has 2 aromatic heterocycles. The van der Waals surface area contributed by atoms with E-state index >= 15 is 0 Å². The van der Waals surface area contributed by atoms with Gasteiger partial charge >= 0.3 is 0 Å². The number of hydrogen-bond acceptors (Lipinski definition) is 6. The van der Waals surface area contributed by atoms with Gasteiger partial charge in [-0.2, -0.15) is 4.36 Å². The maximum Gasteiger partial charge on any atom is 0.295 e. The van der Waals surface area contributed by atoms with Gasteiger partial charge in [-0.1, -0.05) is 19.0 Å². The molecular formula is C21H27N3O4S2. The molecule has 9 heteroatoms. The van der Waals surface area contributed by atoms with Crippen molar-refractivity contribution in [1.82, 2.24) is 10.1 Å². The van der Waals surface area contributed by atoms with E-state index in [1.54, 1.807) is 4.90 Å². The van der Waals surface area contributed by atoms with Crippen LogP contribution in [0.25, 0.3) is 0 Å². The molecule has 1 unspecified atom stereocenters. The Morgan fingerprint density at radius 2 is 2.00 bits per heavy atom. The van der Waals surface area contributed by atoms with Crippen LogP contribution in [0.2, 0.25) is 0 Å². The largest absolute Gasteiger partial charge is 0.364 e. The summed E-state index contributed by atoms with van der Waals surface area (Å²) >= 11 is 1.49. The molecule has 0 radical (unpaired) electrons. The molecule has 2 aromatic rings. The zero-order chi connectivity index (χ0) is 21.3. The van der Waals surface area contributed by atoms with Crippen LogP contribution >= 0.6 is 11.3 Å². The number of nitrogens with zero attached hydrogens (tertiary/aromatic N) is 3. The minimum atomic E-state index is -2.69. The number of thiophene rings is 1. The zero-order valence-electron chi connectivity index (χ0n) is 17.4. The summed E-state index contributed by atoms with van der Waals surface area (Å²) in [5.74, 6) is 0.0656. The first-order valence-electron chi connectivity index (χ1n) is 10.5. The van der Waals surface area contributed by atoms with E-state index in [2.05, 4.69) is 9.52 Å². The lowest BCUT2D eigenvalue weighted by Crippen LogP contribution is -2.34. The molecule has 0 spiro atoms. The second-order valence-electron chi connectivity index (χ2n) is 8.26. The Morgan fingerprint density at radius 3 is 2.77 bits per heavy atom. The number of amides is 2. The van der Waals surface area contributed by atoms with E-state index in [4.69, 9.17) is 4.52 Å². The predicted octanol–water partition coefficient (Wildman–Crippen LogP) is 3.89. The maximum atomic E-state index is 13.3. The van der Waals surface area contributed by atoms with E-state index in [0.717, 1.165) is 25.7 Å². The van der Waals surface area contributed by atoms with Crippen molar-refractivity contribution < 1.29 is 18.3 Å². The third-order valence-corrected chi connectivity index (χ3v) is 9.16.